The second kappa shape index (κ2) is 4.73. The van der Waals surface area contributed by atoms with Crippen LogP contribution in [0.15, 0.2) is 18.3 Å². The van der Waals surface area contributed by atoms with E-state index < -0.39 is 11.9 Å². The van der Waals surface area contributed by atoms with Gasteiger partial charge in [-0.25, -0.2) is 14.6 Å². The number of nitrogens with zero attached hydrogens (tertiary/aromatic N) is 4. The van der Waals surface area contributed by atoms with Gasteiger partial charge in [0.15, 0.2) is 11.5 Å². The van der Waals surface area contributed by atoms with Gasteiger partial charge in [-0.15, -0.1) is 0 Å². The van der Waals surface area contributed by atoms with Crippen LogP contribution in [0, 0.1) is 0 Å². The van der Waals surface area contributed by atoms with Crippen LogP contribution in [0.4, 0.5) is 13.2 Å². The Balaban J connectivity index is 2.48. The molecule has 0 N–H and O–H groups in total. The number of halogens is 4. The van der Waals surface area contributed by atoms with Gasteiger partial charge in [0.2, 0.25) is 0 Å². The Morgan fingerprint density at radius 2 is 1.80 bits per heavy atom. The largest absolute Gasteiger partial charge is 0.435 e. The summed E-state index contributed by atoms with van der Waals surface area (Å²) in [6.45, 7) is 5.64. The van der Waals surface area contributed by atoms with Gasteiger partial charge in [-0.1, -0.05) is 32.4 Å². The van der Waals surface area contributed by atoms with E-state index in [1.807, 2.05) is 20.8 Å². The average Bonchev–Trinajstić information content (AvgIpc) is 2.75. The summed E-state index contributed by atoms with van der Waals surface area (Å²) in [7, 11) is 0. The van der Waals surface area contributed by atoms with Crippen LogP contribution in [0.1, 0.15) is 32.3 Å². The first-order valence-electron chi connectivity index (χ1n) is 5.76. The minimum atomic E-state index is -4.49. The molecule has 0 radical (unpaired) electrons. The summed E-state index contributed by atoms with van der Waals surface area (Å²) < 4.78 is 38.6. The fourth-order valence-corrected chi connectivity index (χ4v) is 1.64. The van der Waals surface area contributed by atoms with E-state index in [0.29, 0.717) is 5.82 Å². The van der Waals surface area contributed by atoms with Gasteiger partial charge in [0.1, 0.15) is 11.0 Å². The normalized spacial score (nSPS) is 12.8. The molecule has 4 nitrogen and oxygen atoms in total. The second-order valence-corrected chi connectivity index (χ2v) is 5.65. The molecule has 0 amide bonds. The molecule has 8 heteroatoms. The van der Waals surface area contributed by atoms with Crippen LogP contribution in [0.3, 0.4) is 0 Å². The number of rotatable bonds is 1. The van der Waals surface area contributed by atoms with Crippen LogP contribution in [0.25, 0.3) is 5.82 Å². The maximum Gasteiger partial charge on any atom is 0.435 e. The van der Waals surface area contributed by atoms with Gasteiger partial charge >= 0.3 is 6.18 Å². The Morgan fingerprint density at radius 3 is 2.30 bits per heavy atom. The van der Waals surface area contributed by atoms with Gasteiger partial charge in [0.05, 0.1) is 0 Å². The molecule has 2 heterocycles. The molecule has 0 unspecified atom stereocenters. The highest BCUT2D eigenvalue weighted by Crippen LogP contribution is 2.28. The van der Waals surface area contributed by atoms with Crippen molar-refractivity contribution in [2.75, 3.05) is 0 Å². The molecule has 0 aliphatic carbocycles. The summed E-state index contributed by atoms with van der Waals surface area (Å²) in [6, 6.07) is 2.25. The van der Waals surface area contributed by atoms with Crippen molar-refractivity contribution in [3.63, 3.8) is 0 Å². The number of alkyl halides is 3. The van der Waals surface area contributed by atoms with Crippen LogP contribution in [-0.4, -0.2) is 19.7 Å². The molecule has 0 bridgehead atoms. The number of aromatic nitrogens is 4. The van der Waals surface area contributed by atoms with Gasteiger partial charge < -0.3 is 0 Å². The molecule has 2 aromatic heterocycles. The first-order valence-corrected chi connectivity index (χ1v) is 6.13. The zero-order valence-corrected chi connectivity index (χ0v) is 11.8. The Labute approximate surface area is 118 Å². The molecule has 0 spiro atoms. The van der Waals surface area contributed by atoms with Crippen molar-refractivity contribution in [2.24, 2.45) is 0 Å². The third-order valence-electron chi connectivity index (χ3n) is 2.47. The summed E-state index contributed by atoms with van der Waals surface area (Å²) >= 11 is 5.89. The minimum Gasteiger partial charge on any atom is -0.222 e. The highest BCUT2D eigenvalue weighted by molar-refractivity contribution is 6.29. The van der Waals surface area contributed by atoms with E-state index >= 15 is 0 Å². The van der Waals surface area contributed by atoms with Crippen LogP contribution in [0.2, 0.25) is 5.15 Å². The van der Waals surface area contributed by atoms with Crippen molar-refractivity contribution >= 4 is 11.6 Å². The molecule has 0 saturated heterocycles. The summed E-state index contributed by atoms with van der Waals surface area (Å²) in [4.78, 5) is 8.29. The van der Waals surface area contributed by atoms with Crippen LogP contribution in [0.5, 0.6) is 0 Å². The Kier molecular flexibility index (Phi) is 3.49. The summed E-state index contributed by atoms with van der Waals surface area (Å²) in [5, 5.41) is 3.62. The standard InChI is InChI=1S/C12H12ClF3N4/c1-11(2,3)10-17-8(13)6-9(18-10)20-5-4-7(19-20)12(14,15)16/h4-6H,1-3H3. The number of hydrogen-bond acceptors (Lipinski definition) is 3. The monoisotopic (exact) mass is 304 g/mol. The average molecular weight is 305 g/mol. The van der Waals surface area contributed by atoms with Gasteiger partial charge in [0.25, 0.3) is 0 Å². The highest BCUT2D eigenvalue weighted by Gasteiger charge is 2.33. The molecular weight excluding hydrogens is 293 g/mol. The zero-order chi connectivity index (χ0) is 15.1. The van der Waals surface area contributed by atoms with E-state index in [2.05, 4.69) is 15.1 Å². The van der Waals surface area contributed by atoms with Crippen LogP contribution in [-0.2, 0) is 11.6 Å². The lowest BCUT2D eigenvalue weighted by molar-refractivity contribution is -0.141. The van der Waals surface area contributed by atoms with Crippen LogP contribution < -0.4 is 0 Å². The summed E-state index contributed by atoms with van der Waals surface area (Å²) in [6.07, 6.45) is -3.30. The predicted molar refractivity (Wildman–Crippen MR) is 67.9 cm³/mol. The maximum absolute atomic E-state index is 12.5. The Hall–Kier alpha value is -1.63. The second-order valence-electron chi connectivity index (χ2n) is 5.27. The third kappa shape index (κ3) is 3.09. The van der Waals surface area contributed by atoms with E-state index in [4.69, 9.17) is 11.6 Å². The van der Waals surface area contributed by atoms with Crippen molar-refractivity contribution in [3.05, 3.63) is 35.0 Å². The fourth-order valence-electron chi connectivity index (χ4n) is 1.46. The predicted octanol–water partition coefficient (Wildman–Crippen LogP) is 3.63. The lowest BCUT2D eigenvalue weighted by atomic mass is 9.96. The van der Waals surface area contributed by atoms with E-state index in [9.17, 15) is 13.2 Å². The third-order valence-corrected chi connectivity index (χ3v) is 2.66. The van der Waals surface area contributed by atoms with Crippen molar-refractivity contribution in [2.45, 2.75) is 32.4 Å². The van der Waals surface area contributed by atoms with Gasteiger partial charge in [-0.05, 0) is 6.07 Å². The topological polar surface area (TPSA) is 43.6 Å². The Bertz CT molecular complexity index is 628. The van der Waals surface area contributed by atoms with Crippen molar-refractivity contribution in [3.8, 4) is 5.82 Å². The Morgan fingerprint density at radius 1 is 1.15 bits per heavy atom. The molecule has 0 atom stereocenters. The van der Waals surface area contributed by atoms with E-state index in [1.54, 1.807) is 0 Å². The molecule has 108 valence electrons. The molecule has 0 aliphatic rings. The summed E-state index contributed by atoms with van der Waals surface area (Å²) in [5.41, 5.74) is -1.36. The molecule has 20 heavy (non-hydrogen) atoms. The van der Waals surface area contributed by atoms with E-state index in [1.165, 1.54) is 12.3 Å². The van der Waals surface area contributed by atoms with Gasteiger partial charge in [-0.2, -0.15) is 18.3 Å². The molecule has 0 aliphatic heterocycles. The van der Waals surface area contributed by atoms with Crippen molar-refractivity contribution < 1.29 is 13.2 Å². The molecule has 0 saturated carbocycles. The minimum absolute atomic E-state index is 0.156. The molecule has 0 fully saturated rings. The first kappa shape index (κ1) is 14.8. The summed E-state index contributed by atoms with van der Waals surface area (Å²) in [5.74, 6) is 0.634. The van der Waals surface area contributed by atoms with Crippen molar-refractivity contribution in [1.29, 1.82) is 0 Å². The lowest BCUT2D eigenvalue weighted by Gasteiger charge is -2.17. The number of hydrogen-bond donors (Lipinski definition) is 0. The SMILES string of the molecule is CC(C)(C)c1nc(Cl)cc(-n2ccc(C(F)(F)F)n2)n1. The molecule has 2 rings (SSSR count). The quantitative estimate of drug-likeness (QED) is 0.756. The van der Waals surface area contributed by atoms with Gasteiger partial charge in [-0.3, -0.25) is 0 Å². The zero-order valence-electron chi connectivity index (χ0n) is 11.0. The molecular formula is C12H12ClF3N4. The van der Waals surface area contributed by atoms with Gasteiger partial charge in [0, 0.05) is 17.7 Å². The van der Waals surface area contributed by atoms with Crippen molar-refractivity contribution in [1.82, 2.24) is 19.7 Å². The van der Waals surface area contributed by atoms with E-state index in [-0.39, 0.29) is 16.4 Å². The molecule has 2 aromatic rings. The van der Waals surface area contributed by atoms with E-state index in [0.717, 1.165) is 10.7 Å². The first-order chi connectivity index (χ1) is 9.07. The smallest absolute Gasteiger partial charge is 0.222 e. The fraction of sp³-hybridized carbons (Fsp3) is 0.417. The maximum atomic E-state index is 12.5. The highest BCUT2D eigenvalue weighted by atomic mass is 35.5. The lowest BCUT2D eigenvalue weighted by Crippen LogP contribution is -2.18. The molecule has 0 aromatic carbocycles. The van der Waals surface area contributed by atoms with Crippen LogP contribution >= 0.6 is 11.6 Å².